The van der Waals surface area contributed by atoms with Crippen LogP contribution in [-0.4, -0.2) is 14.8 Å². The van der Waals surface area contributed by atoms with E-state index < -0.39 is 0 Å². The number of benzene rings is 1. The van der Waals surface area contributed by atoms with Gasteiger partial charge in [-0.2, -0.15) is 5.10 Å². The third-order valence-electron chi connectivity index (χ3n) is 3.01. The maximum Gasteiger partial charge on any atom is 0.124 e. The Morgan fingerprint density at radius 3 is 2.63 bits per heavy atom. The summed E-state index contributed by atoms with van der Waals surface area (Å²) < 4.78 is 15.1. The van der Waals surface area contributed by atoms with Crippen molar-refractivity contribution in [3.63, 3.8) is 0 Å². The fourth-order valence-corrected chi connectivity index (χ4v) is 2.16. The molecule has 0 aliphatic rings. The molecule has 0 saturated heterocycles. The molecular formula is C14H16FN3S. The molecule has 5 heteroatoms. The van der Waals surface area contributed by atoms with Gasteiger partial charge in [0.15, 0.2) is 0 Å². The summed E-state index contributed by atoms with van der Waals surface area (Å²) in [6, 6.07) is 6.45. The van der Waals surface area contributed by atoms with Crippen molar-refractivity contribution in [3.8, 4) is 5.69 Å². The lowest BCUT2D eigenvalue weighted by molar-refractivity contribution is 0.626. The van der Waals surface area contributed by atoms with Crippen LogP contribution in [-0.2, 0) is 12.8 Å². The summed E-state index contributed by atoms with van der Waals surface area (Å²) in [6.45, 7) is 4.10. The first-order chi connectivity index (χ1) is 9.06. The fraction of sp³-hybridized carbons (Fsp3) is 0.286. The summed E-state index contributed by atoms with van der Waals surface area (Å²) in [5.41, 5.74) is 8.96. The van der Waals surface area contributed by atoms with Crippen LogP contribution < -0.4 is 5.73 Å². The molecule has 3 nitrogen and oxygen atoms in total. The molecule has 0 aliphatic heterocycles. The Morgan fingerprint density at radius 2 is 2.05 bits per heavy atom. The molecule has 0 bridgehead atoms. The third-order valence-corrected chi connectivity index (χ3v) is 3.23. The average molecular weight is 277 g/mol. The van der Waals surface area contributed by atoms with Crippen molar-refractivity contribution in [2.75, 3.05) is 0 Å². The first kappa shape index (κ1) is 13.7. The number of halogens is 1. The zero-order valence-corrected chi connectivity index (χ0v) is 11.8. The van der Waals surface area contributed by atoms with Crippen LogP contribution in [0.1, 0.15) is 30.8 Å². The minimum absolute atomic E-state index is 0.171. The van der Waals surface area contributed by atoms with Crippen molar-refractivity contribution in [2.45, 2.75) is 26.7 Å². The SMILES string of the molecule is CCc1cc(CC)n(-c2ccc(F)cc2C(N)=S)n1. The highest BCUT2D eigenvalue weighted by molar-refractivity contribution is 7.80. The van der Waals surface area contributed by atoms with Gasteiger partial charge in [0.05, 0.1) is 11.4 Å². The summed E-state index contributed by atoms with van der Waals surface area (Å²) in [5.74, 6) is -0.354. The molecule has 2 aromatic rings. The number of aromatic nitrogens is 2. The van der Waals surface area contributed by atoms with Gasteiger partial charge in [0, 0.05) is 11.3 Å². The highest BCUT2D eigenvalue weighted by Gasteiger charge is 2.13. The van der Waals surface area contributed by atoms with Crippen molar-refractivity contribution >= 4 is 17.2 Å². The second-order valence-electron chi connectivity index (χ2n) is 4.27. The standard InChI is InChI=1S/C14H16FN3S/c1-3-10-8-11(4-2)18(17-10)13-6-5-9(15)7-12(13)14(16)19/h5-8H,3-4H2,1-2H3,(H2,16,19). The largest absolute Gasteiger partial charge is 0.389 e. The fourth-order valence-electron chi connectivity index (χ4n) is 2.00. The molecule has 0 unspecified atom stereocenters. The second-order valence-corrected chi connectivity index (χ2v) is 4.71. The van der Waals surface area contributed by atoms with Gasteiger partial charge in [-0.05, 0) is 37.1 Å². The smallest absolute Gasteiger partial charge is 0.124 e. The molecule has 0 amide bonds. The van der Waals surface area contributed by atoms with Crippen LogP contribution in [0.4, 0.5) is 4.39 Å². The average Bonchev–Trinajstić information content (AvgIpc) is 2.81. The van der Waals surface area contributed by atoms with Gasteiger partial charge in [-0.15, -0.1) is 0 Å². The van der Waals surface area contributed by atoms with E-state index in [1.807, 2.05) is 13.0 Å². The summed E-state index contributed by atoms with van der Waals surface area (Å²) in [5, 5.41) is 4.52. The van der Waals surface area contributed by atoms with E-state index in [1.165, 1.54) is 12.1 Å². The van der Waals surface area contributed by atoms with Crippen molar-refractivity contribution in [2.24, 2.45) is 5.73 Å². The van der Waals surface area contributed by atoms with Crippen LogP contribution in [0.3, 0.4) is 0 Å². The Hall–Kier alpha value is -1.75. The maximum atomic E-state index is 13.3. The predicted molar refractivity (Wildman–Crippen MR) is 78.2 cm³/mol. The second kappa shape index (κ2) is 5.48. The Bertz CT molecular complexity index is 619. The Balaban J connectivity index is 2.64. The van der Waals surface area contributed by atoms with Crippen LogP contribution in [0.15, 0.2) is 24.3 Å². The van der Waals surface area contributed by atoms with Crippen LogP contribution in [0.25, 0.3) is 5.69 Å². The van der Waals surface area contributed by atoms with Crippen molar-refractivity contribution in [1.29, 1.82) is 0 Å². The molecule has 19 heavy (non-hydrogen) atoms. The van der Waals surface area contributed by atoms with Crippen LogP contribution in [0.5, 0.6) is 0 Å². The molecule has 0 spiro atoms. The lowest BCUT2D eigenvalue weighted by Crippen LogP contribution is -2.15. The van der Waals surface area contributed by atoms with E-state index in [-0.39, 0.29) is 10.8 Å². The lowest BCUT2D eigenvalue weighted by atomic mass is 10.1. The Kier molecular flexibility index (Phi) is 3.95. The summed E-state index contributed by atoms with van der Waals surface area (Å²) in [6.07, 6.45) is 1.69. The van der Waals surface area contributed by atoms with E-state index >= 15 is 0 Å². The molecule has 0 radical (unpaired) electrons. The van der Waals surface area contributed by atoms with Gasteiger partial charge in [-0.25, -0.2) is 9.07 Å². The third kappa shape index (κ3) is 2.66. The molecule has 0 aliphatic carbocycles. The quantitative estimate of drug-likeness (QED) is 0.874. The van der Waals surface area contributed by atoms with Crippen molar-refractivity contribution in [3.05, 3.63) is 47.0 Å². The first-order valence-corrected chi connectivity index (χ1v) is 6.65. The highest BCUT2D eigenvalue weighted by Crippen LogP contribution is 2.19. The van der Waals surface area contributed by atoms with Gasteiger partial charge >= 0.3 is 0 Å². The van der Waals surface area contributed by atoms with Gasteiger partial charge in [-0.1, -0.05) is 26.1 Å². The minimum Gasteiger partial charge on any atom is -0.389 e. The summed E-state index contributed by atoms with van der Waals surface area (Å²) >= 11 is 4.99. The van der Waals surface area contributed by atoms with E-state index in [0.29, 0.717) is 5.56 Å². The zero-order valence-electron chi connectivity index (χ0n) is 11.0. The van der Waals surface area contributed by atoms with Gasteiger partial charge in [0.25, 0.3) is 0 Å². The normalized spacial score (nSPS) is 10.7. The lowest BCUT2D eigenvalue weighted by Gasteiger charge is -2.11. The zero-order chi connectivity index (χ0) is 14.0. The number of nitrogens with zero attached hydrogens (tertiary/aromatic N) is 2. The number of aryl methyl sites for hydroxylation is 2. The first-order valence-electron chi connectivity index (χ1n) is 6.24. The highest BCUT2D eigenvalue weighted by atomic mass is 32.1. The molecule has 100 valence electrons. The summed E-state index contributed by atoms with van der Waals surface area (Å²) in [7, 11) is 0. The number of hydrogen-bond donors (Lipinski definition) is 1. The van der Waals surface area contributed by atoms with E-state index in [1.54, 1.807) is 10.7 Å². The van der Waals surface area contributed by atoms with Crippen LogP contribution in [0, 0.1) is 5.82 Å². The molecular weight excluding hydrogens is 261 g/mol. The van der Waals surface area contributed by atoms with E-state index in [4.69, 9.17) is 18.0 Å². The summed E-state index contributed by atoms with van der Waals surface area (Å²) in [4.78, 5) is 0.171. The number of thiocarbonyl (C=S) groups is 1. The van der Waals surface area contributed by atoms with Gasteiger partial charge < -0.3 is 5.73 Å². The molecule has 0 saturated carbocycles. The van der Waals surface area contributed by atoms with E-state index in [0.717, 1.165) is 29.9 Å². The van der Waals surface area contributed by atoms with Gasteiger partial charge in [0.2, 0.25) is 0 Å². The molecule has 2 rings (SSSR count). The molecule has 2 N–H and O–H groups in total. The number of hydrogen-bond acceptors (Lipinski definition) is 2. The molecule has 0 fully saturated rings. The van der Waals surface area contributed by atoms with E-state index in [9.17, 15) is 4.39 Å². The van der Waals surface area contributed by atoms with Crippen LogP contribution >= 0.6 is 12.2 Å². The molecule has 1 aromatic heterocycles. The molecule has 1 aromatic carbocycles. The number of nitrogens with two attached hydrogens (primary N) is 1. The maximum absolute atomic E-state index is 13.3. The number of rotatable bonds is 4. The van der Waals surface area contributed by atoms with Crippen molar-refractivity contribution < 1.29 is 4.39 Å². The van der Waals surface area contributed by atoms with Crippen molar-refractivity contribution in [1.82, 2.24) is 9.78 Å². The van der Waals surface area contributed by atoms with Crippen LogP contribution in [0.2, 0.25) is 0 Å². The monoisotopic (exact) mass is 277 g/mol. The molecule has 1 heterocycles. The minimum atomic E-state index is -0.354. The Morgan fingerprint density at radius 1 is 1.32 bits per heavy atom. The Labute approximate surface area is 117 Å². The van der Waals surface area contributed by atoms with Gasteiger partial charge in [0.1, 0.15) is 10.8 Å². The van der Waals surface area contributed by atoms with Gasteiger partial charge in [-0.3, -0.25) is 0 Å². The predicted octanol–water partition coefficient (Wildman–Crippen LogP) is 2.77. The van der Waals surface area contributed by atoms with E-state index in [2.05, 4.69) is 12.0 Å². The molecule has 0 atom stereocenters. The topological polar surface area (TPSA) is 43.8 Å².